The van der Waals surface area contributed by atoms with E-state index in [1.807, 2.05) is 0 Å². The number of nitrogens with zero attached hydrogens (tertiary/aromatic N) is 3. The van der Waals surface area contributed by atoms with Crippen LogP contribution in [0, 0.1) is 0 Å². The van der Waals surface area contributed by atoms with Gasteiger partial charge in [0.15, 0.2) is 0 Å². The first-order valence-electron chi connectivity index (χ1n) is 4.82. The van der Waals surface area contributed by atoms with Crippen molar-refractivity contribution in [2.75, 3.05) is 32.7 Å². The van der Waals surface area contributed by atoms with Crippen molar-refractivity contribution in [3.63, 3.8) is 0 Å². The van der Waals surface area contributed by atoms with Crippen LogP contribution in [0.4, 0.5) is 5.95 Å². The molecule has 0 fully saturated rings. The van der Waals surface area contributed by atoms with Gasteiger partial charge in [-0.3, -0.25) is 4.79 Å². The Labute approximate surface area is 94.2 Å². The average molecular weight is 225 g/mol. The fourth-order valence-corrected chi connectivity index (χ4v) is 1.09. The van der Waals surface area contributed by atoms with E-state index in [1.54, 1.807) is 31.3 Å². The van der Waals surface area contributed by atoms with Crippen LogP contribution in [0.25, 0.3) is 0 Å². The normalized spacial score (nSPS) is 9.69. The number of ether oxygens (including phenoxy) is 2. The minimum Gasteiger partial charge on any atom is -0.481 e. The van der Waals surface area contributed by atoms with Gasteiger partial charge in [0.1, 0.15) is 0 Å². The average Bonchev–Trinajstić information content (AvgIpc) is 2.35. The highest BCUT2D eigenvalue weighted by Crippen LogP contribution is 2.10. The van der Waals surface area contributed by atoms with E-state index >= 15 is 0 Å². The molecule has 1 aromatic rings. The highest BCUT2D eigenvalue weighted by molar-refractivity contribution is 5.69. The third-order valence-electron chi connectivity index (χ3n) is 2.05. The number of esters is 1. The molecule has 0 aliphatic rings. The molecular formula is C10H15N3O3. The maximum atomic E-state index is 11.0. The van der Waals surface area contributed by atoms with Crippen LogP contribution in [0.2, 0.25) is 0 Å². The summed E-state index contributed by atoms with van der Waals surface area (Å²) in [5.41, 5.74) is 0. The van der Waals surface area contributed by atoms with Gasteiger partial charge < -0.3 is 14.4 Å². The Balaban J connectivity index is 2.58. The number of aromatic nitrogens is 2. The van der Waals surface area contributed by atoms with E-state index in [1.165, 1.54) is 7.11 Å². The predicted octanol–water partition coefficient (Wildman–Crippen LogP) is 0.484. The maximum Gasteiger partial charge on any atom is 0.307 e. The number of methoxy groups -OCH3 is 2. The Bertz CT molecular complexity index is 357. The van der Waals surface area contributed by atoms with E-state index < -0.39 is 0 Å². The van der Waals surface area contributed by atoms with Gasteiger partial charge in [0.25, 0.3) is 0 Å². The number of hydrogen-bond donors (Lipinski definition) is 0. The minimum atomic E-state index is -0.255. The molecular weight excluding hydrogens is 210 g/mol. The molecule has 0 amide bonds. The van der Waals surface area contributed by atoms with E-state index in [4.69, 9.17) is 4.74 Å². The van der Waals surface area contributed by atoms with Crippen molar-refractivity contribution < 1.29 is 14.3 Å². The Morgan fingerprint density at radius 1 is 1.50 bits per heavy atom. The van der Waals surface area contributed by atoms with E-state index in [0.717, 1.165) is 0 Å². The van der Waals surface area contributed by atoms with Gasteiger partial charge in [0, 0.05) is 25.9 Å². The van der Waals surface area contributed by atoms with Crippen LogP contribution in [0.5, 0.6) is 5.88 Å². The molecule has 0 saturated heterocycles. The summed E-state index contributed by atoms with van der Waals surface area (Å²) >= 11 is 0. The molecule has 0 unspecified atom stereocenters. The standard InChI is InChI=1S/C10H15N3O3/c1-13(7-5-9(14)16-3)10-11-6-4-8(12-10)15-2/h4,6H,5,7H2,1-3H3. The molecule has 6 heteroatoms. The van der Waals surface area contributed by atoms with Gasteiger partial charge >= 0.3 is 5.97 Å². The summed E-state index contributed by atoms with van der Waals surface area (Å²) < 4.78 is 9.53. The van der Waals surface area contributed by atoms with Crippen molar-refractivity contribution in [2.45, 2.75) is 6.42 Å². The quantitative estimate of drug-likeness (QED) is 0.679. The van der Waals surface area contributed by atoms with Crippen LogP contribution < -0.4 is 9.64 Å². The van der Waals surface area contributed by atoms with Crippen LogP contribution in [-0.4, -0.2) is 43.7 Å². The Morgan fingerprint density at radius 3 is 2.88 bits per heavy atom. The SMILES string of the molecule is COC(=O)CCN(C)c1nccc(OC)n1. The molecule has 16 heavy (non-hydrogen) atoms. The summed E-state index contributed by atoms with van der Waals surface area (Å²) in [6, 6.07) is 1.66. The molecule has 0 aliphatic heterocycles. The van der Waals surface area contributed by atoms with Crippen molar-refractivity contribution in [3.8, 4) is 5.88 Å². The van der Waals surface area contributed by atoms with Crippen molar-refractivity contribution in [2.24, 2.45) is 0 Å². The largest absolute Gasteiger partial charge is 0.481 e. The Morgan fingerprint density at radius 2 is 2.25 bits per heavy atom. The fraction of sp³-hybridized carbons (Fsp3) is 0.500. The van der Waals surface area contributed by atoms with Crippen LogP contribution in [0.3, 0.4) is 0 Å². The number of carbonyl (C=O) groups excluding carboxylic acids is 1. The highest BCUT2D eigenvalue weighted by atomic mass is 16.5. The molecule has 0 radical (unpaired) electrons. The summed E-state index contributed by atoms with van der Waals surface area (Å²) in [6.45, 7) is 0.500. The second-order valence-corrected chi connectivity index (χ2v) is 3.15. The molecule has 0 aliphatic carbocycles. The summed E-state index contributed by atoms with van der Waals surface area (Å²) in [6.07, 6.45) is 1.91. The van der Waals surface area contributed by atoms with Crippen molar-refractivity contribution in [1.82, 2.24) is 9.97 Å². The number of carbonyl (C=O) groups is 1. The van der Waals surface area contributed by atoms with Crippen molar-refractivity contribution >= 4 is 11.9 Å². The molecule has 1 rings (SSSR count). The van der Waals surface area contributed by atoms with Crippen molar-refractivity contribution in [1.29, 1.82) is 0 Å². The smallest absolute Gasteiger partial charge is 0.307 e. The molecule has 0 saturated carbocycles. The molecule has 88 valence electrons. The molecule has 6 nitrogen and oxygen atoms in total. The lowest BCUT2D eigenvalue weighted by molar-refractivity contribution is -0.140. The van der Waals surface area contributed by atoms with Crippen LogP contribution in [0.1, 0.15) is 6.42 Å². The second-order valence-electron chi connectivity index (χ2n) is 3.15. The predicted molar refractivity (Wildman–Crippen MR) is 58.5 cm³/mol. The third-order valence-corrected chi connectivity index (χ3v) is 2.05. The third kappa shape index (κ3) is 3.38. The molecule has 0 N–H and O–H groups in total. The zero-order chi connectivity index (χ0) is 12.0. The first-order valence-corrected chi connectivity index (χ1v) is 4.82. The highest BCUT2D eigenvalue weighted by Gasteiger charge is 2.08. The topological polar surface area (TPSA) is 64.5 Å². The van der Waals surface area contributed by atoms with Gasteiger partial charge in [-0.2, -0.15) is 4.98 Å². The first kappa shape index (κ1) is 12.2. The lowest BCUT2D eigenvalue weighted by Gasteiger charge is -2.16. The summed E-state index contributed by atoms with van der Waals surface area (Å²) in [5.74, 6) is 0.757. The van der Waals surface area contributed by atoms with Crippen LogP contribution >= 0.6 is 0 Å². The number of rotatable bonds is 5. The lowest BCUT2D eigenvalue weighted by atomic mass is 10.4. The molecule has 0 bridgehead atoms. The minimum absolute atomic E-state index is 0.255. The monoisotopic (exact) mass is 225 g/mol. The van der Waals surface area contributed by atoms with Crippen LogP contribution in [-0.2, 0) is 9.53 Å². The summed E-state index contributed by atoms with van der Waals surface area (Å²) in [7, 11) is 4.71. The van der Waals surface area contributed by atoms with Gasteiger partial charge in [-0.25, -0.2) is 4.98 Å². The van der Waals surface area contributed by atoms with E-state index in [9.17, 15) is 4.79 Å². The summed E-state index contributed by atoms with van der Waals surface area (Å²) in [4.78, 5) is 20.9. The fourth-order valence-electron chi connectivity index (χ4n) is 1.09. The van der Waals surface area contributed by atoms with E-state index in [0.29, 0.717) is 24.8 Å². The lowest BCUT2D eigenvalue weighted by Crippen LogP contribution is -2.23. The summed E-state index contributed by atoms with van der Waals surface area (Å²) in [5, 5.41) is 0. The Hall–Kier alpha value is -1.85. The zero-order valence-electron chi connectivity index (χ0n) is 9.64. The first-order chi connectivity index (χ1) is 7.67. The second kappa shape index (κ2) is 5.89. The van der Waals surface area contributed by atoms with Gasteiger partial charge in [0.05, 0.1) is 20.6 Å². The van der Waals surface area contributed by atoms with E-state index in [2.05, 4.69) is 14.7 Å². The molecule has 0 aromatic carbocycles. The molecule has 0 spiro atoms. The van der Waals surface area contributed by atoms with Gasteiger partial charge in [-0.05, 0) is 0 Å². The van der Waals surface area contributed by atoms with Crippen molar-refractivity contribution in [3.05, 3.63) is 12.3 Å². The van der Waals surface area contributed by atoms with Crippen LogP contribution in [0.15, 0.2) is 12.3 Å². The number of hydrogen-bond acceptors (Lipinski definition) is 6. The van der Waals surface area contributed by atoms with Gasteiger partial charge in [-0.15, -0.1) is 0 Å². The maximum absolute atomic E-state index is 11.0. The number of anilines is 1. The van der Waals surface area contributed by atoms with Gasteiger partial charge in [0.2, 0.25) is 11.8 Å². The molecule has 0 atom stereocenters. The zero-order valence-corrected chi connectivity index (χ0v) is 9.64. The van der Waals surface area contributed by atoms with Gasteiger partial charge in [-0.1, -0.05) is 0 Å². The van der Waals surface area contributed by atoms with E-state index in [-0.39, 0.29) is 5.97 Å². The molecule has 1 heterocycles. The Kier molecular flexibility index (Phi) is 4.50. The molecule has 1 aromatic heterocycles.